The van der Waals surface area contributed by atoms with Crippen LogP contribution in [0, 0.1) is 5.92 Å². The molecule has 5 rings (SSSR count). The van der Waals surface area contributed by atoms with E-state index in [0.717, 1.165) is 28.7 Å². The largest absolute Gasteiger partial charge is 0.497 e. The predicted molar refractivity (Wildman–Crippen MR) is 95.2 cm³/mol. The Morgan fingerprint density at radius 1 is 1.04 bits per heavy atom. The van der Waals surface area contributed by atoms with Crippen molar-refractivity contribution in [2.75, 3.05) is 25.5 Å². The smallest absolute Gasteiger partial charge is 0.222 e. The fourth-order valence-electron chi connectivity index (χ4n) is 4.03. The zero-order valence-corrected chi connectivity index (χ0v) is 14.3. The molecule has 0 unspecified atom stereocenters. The van der Waals surface area contributed by atoms with Crippen LogP contribution in [-0.4, -0.2) is 47.2 Å². The van der Waals surface area contributed by atoms with E-state index >= 15 is 0 Å². The first-order valence-electron chi connectivity index (χ1n) is 8.71. The van der Waals surface area contributed by atoms with Gasteiger partial charge < -0.3 is 10.1 Å². The second kappa shape index (κ2) is 6.40. The van der Waals surface area contributed by atoms with Crippen LogP contribution in [0.25, 0.3) is 11.1 Å². The van der Waals surface area contributed by atoms with E-state index in [2.05, 4.69) is 27.1 Å². The highest BCUT2D eigenvalue weighted by Gasteiger charge is 2.39. The molecule has 126 valence electrons. The fraction of sp³-hybridized carbons (Fsp3) is 0.474. The van der Waals surface area contributed by atoms with Crippen molar-refractivity contribution in [2.24, 2.45) is 5.92 Å². The minimum atomic E-state index is 0.458. The average Bonchev–Trinajstić information content (AvgIpc) is 2.66. The van der Waals surface area contributed by atoms with E-state index < -0.39 is 0 Å². The zero-order valence-electron chi connectivity index (χ0n) is 14.3. The van der Waals surface area contributed by atoms with Gasteiger partial charge in [0, 0.05) is 30.0 Å². The standard InChI is InChI=1S/C19H24N4O/c1-13-18(15-7-9-23(13)10-8-15)22-19-20-11-16(12-21-19)14-3-5-17(24-2)6-4-14/h3-6,11-13,15,18H,7-10H2,1-2H3,(H,20,21,22)/t13-,18+/m1/s1. The lowest BCUT2D eigenvalue weighted by molar-refractivity contribution is 0.0455. The normalized spacial score (nSPS) is 28.6. The van der Waals surface area contributed by atoms with Crippen molar-refractivity contribution in [1.29, 1.82) is 0 Å². The van der Waals surface area contributed by atoms with Crippen LogP contribution in [-0.2, 0) is 0 Å². The monoisotopic (exact) mass is 324 g/mol. The highest BCUT2D eigenvalue weighted by Crippen LogP contribution is 2.33. The van der Waals surface area contributed by atoms with Gasteiger partial charge in [-0.15, -0.1) is 0 Å². The van der Waals surface area contributed by atoms with Gasteiger partial charge in [-0.3, -0.25) is 4.90 Å². The highest BCUT2D eigenvalue weighted by molar-refractivity contribution is 5.62. The summed E-state index contributed by atoms with van der Waals surface area (Å²) in [5, 5.41) is 3.58. The van der Waals surface area contributed by atoms with E-state index in [4.69, 9.17) is 4.74 Å². The third-order valence-electron chi connectivity index (χ3n) is 5.55. The Morgan fingerprint density at radius 2 is 1.71 bits per heavy atom. The number of rotatable bonds is 4. The van der Waals surface area contributed by atoms with Crippen LogP contribution < -0.4 is 10.1 Å². The number of nitrogens with zero attached hydrogens (tertiary/aromatic N) is 3. The number of methoxy groups -OCH3 is 1. The summed E-state index contributed by atoms with van der Waals surface area (Å²) in [6, 6.07) is 8.98. The van der Waals surface area contributed by atoms with Crippen molar-refractivity contribution in [1.82, 2.24) is 14.9 Å². The quantitative estimate of drug-likeness (QED) is 0.937. The first kappa shape index (κ1) is 15.4. The number of fused-ring (bicyclic) bond motifs is 3. The number of anilines is 1. The second-order valence-electron chi connectivity index (χ2n) is 6.81. The van der Waals surface area contributed by atoms with Gasteiger partial charge in [-0.25, -0.2) is 9.97 Å². The summed E-state index contributed by atoms with van der Waals surface area (Å²) in [5.74, 6) is 2.34. The summed E-state index contributed by atoms with van der Waals surface area (Å²) in [4.78, 5) is 11.6. The number of hydrogen-bond donors (Lipinski definition) is 1. The number of benzene rings is 1. The molecule has 1 aromatic heterocycles. The number of piperidine rings is 3. The Bertz CT molecular complexity index is 676. The van der Waals surface area contributed by atoms with Gasteiger partial charge in [0.2, 0.25) is 5.95 Å². The zero-order chi connectivity index (χ0) is 16.5. The van der Waals surface area contributed by atoms with E-state index in [0.29, 0.717) is 12.1 Å². The summed E-state index contributed by atoms with van der Waals surface area (Å²) in [7, 11) is 1.67. The maximum Gasteiger partial charge on any atom is 0.222 e. The van der Waals surface area contributed by atoms with Crippen molar-refractivity contribution < 1.29 is 4.74 Å². The summed E-state index contributed by atoms with van der Waals surface area (Å²) < 4.78 is 5.20. The topological polar surface area (TPSA) is 50.3 Å². The number of nitrogens with one attached hydrogen (secondary N) is 1. The van der Waals surface area contributed by atoms with Crippen molar-refractivity contribution in [2.45, 2.75) is 31.8 Å². The van der Waals surface area contributed by atoms with E-state index in [1.807, 2.05) is 36.7 Å². The molecule has 3 saturated heterocycles. The van der Waals surface area contributed by atoms with E-state index in [9.17, 15) is 0 Å². The van der Waals surface area contributed by atoms with Crippen LogP contribution in [0.3, 0.4) is 0 Å². The molecule has 0 radical (unpaired) electrons. The van der Waals surface area contributed by atoms with Crippen molar-refractivity contribution in [3.8, 4) is 16.9 Å². The van der Waals surface area contributed by atoms with Gasteiger partial charge in [-0.05, 0) is 56.5 Å². The SMILES string of the molecule is COc1ccc(-c2cnc(N[C@@H]3C4CCN(CC4)[C@@H]3C)nc2)cc1. The molecule has 1 aromatic carbocycles. The van der Waals surface area contributed by atoms with Crippen LogP contribution >= 0.6 is 0 Å². The first-order chi connectivity index (χ1) is 11.7. The Kier molecular flexibility index (Phi) is 4.10. The molecule has 0 amide bonds. The molecular formula is C19H24N4O. The van der Waals surface area contributed by atoms with Crippen LogP contribution in [0.1, 0.15) is 19.8 Å². The molecule has 2 bridgehead atoms. The van der Waals surface area contributed by atoms with Gasteiger partial charge in [0.05, 0.1) is 7.11 Å². The summed E-state index contributed by atoms with van der Waals surface area (Å²) in [6.45, 7) is 4.79. The van der Waals surface area contributed by atoms with Crippen molar-refractivity contribution in [3.63, 3.8) is 0 Å². The molecule has 0 spiro atoms. The van der Waals surface area contributed by atoms with Gasteiger partial charge in [-0.2, -0.15) is 0 Å². The molecule has 4 heterocycles. The second-order valence-corrected chi connectivity index (χ2v) is 6.81. The molecule has 3 aliphatic heterocycles. The Morgan fingerprint density at radius 3 is 2.29 bits per heavy atom. The van der Waals surface area contributed by atoms with Gasteiger partial charge in [0.25, 0.3) is 0 Å². The lowest BCUT2D eigenvalue weighted by Crippen LogP contribution is -2.59. The molecule has 3 aliphatic rings. The molecule has 3 fully saturated rings. The maximum absolute atomic E-state index is 5.20. The lowest BCUT2D eigenvalue weighted by Gasteiger charge is -2.49. The maximum atomic E-state index is 5.20. The molecule has 2 atom stereocenters. The summed E-state index contributed by atoms with van der Waals surface area (Å²) >= 11 is 0. The minimum absolute atomic E-state index is 0.458. The molecule has 5 nitrogen and oxygen atoms in total. The van der Waals surface area contributed by atoms with Crippen LogP contribution in [0.4, 0.5) is 5.95 Å². The fourth-order valence-corrected chi connectivity index (χ4v) is 4.03. The van der Waals surface area contributed by atoms with Crippen LogP contribution in [0.5, 0.6) is 5.75 Å². The van der Waals surface area contributed by atoms with E-state index in [1.54, 1.807) is 7.11 Å². The molecule has 5 heteroatoms. The van der Waals surface area contributed by atoms with Crippen molar-refractivity contribution >= 4 is 5.95 Å². The summed E-state index contributed by atoms with van der Waals surface area (Å²) in [6.07, 6.45) is 6.35. The Hall–Kier alpha value is -2.14. The van der Waals surface area contributed by atoms with Crippen LogP contribution in [0.15, 0.2) is 36.7 Å². The first-order valence-corrected chi connectivity index (χ1v) is 8.71. The Balaban J connectivity index is 1.47. The Labute approximate surface area is 143 Å². The molecule has 0 aliphatic carbocycles. The van der Waals surface area contributed by atoms with Gasteiger partial charge in [0.1, 0.15) is 5.75 Å². The van der Waals surface area contributed by atoms with E-state index in [-0.39, 0.29) is 0 Å². The number of aromatic nitrogens is 2. The number of ether oxygens (including phenoxy) is 1. The summed E-state index contributed by atoms with van der Waals surface area (Å²) in [5.41, 5.74) is 2.11. The molecule has 0 saturated carbocycles. The average molecular weight is 324 g/mol. The third-order valence-corrected chi connectivity index (χ3v) is 5.55. The molecule has 2 aromatic rings. The molecular weight excluding hydrogens is 300 g/mol. The third kappa shape index (κ3) is 2.84. The molecule has 1 N–H and O–H groups in total. The van der Waals surface area contributed by atoms with Gasteiger partial charge in [0.15, 0.2) is 0 Å². The molecule has 24 heavy (non-hydrogen) atoms. The van der Waals surface area contributed by atoms with Gasteiger partial charge >= 0.3 is 0 Å². The predicted octanol–water partition coefficient (Wildman–Crippen LogP) is 3.05. The minimum Gasteiger partial charge on any atom is -0.497 e. The van der Waals surface area contributed by atoms with Gasteiger partial charge in [-0.1, -0.05) is 12.1 Å². The van der Waals surface area contributed by atoms with E-state index in [1.165, 1.54) is 25.9 Å². The van der Waals surface area contributed by atoms with Crippen molar-refractivity contribution in [3.05, 3.63) is 36.7 Å². The number of hydrogen-bond acceptors (Lipinski definition) is 5. The highest BCUT2D eigenvalue weighted by atomic mass is 16.5. The lowest BCUT2D eigenvalue weighted by atomic mass is 9.79. The van der Waals surface area contributed by atoms with Crippen LogP contribution in [0.2, 0.25) is 0 Å².